The number of carbonyl (C=O) groups excluding carboxylic acids is 1. The van der Waals surface area contributed by atoms with Crippen LogP contribution in [-0.2, 0) is 6.42 Å². The molecule has 0 fully saturated rings. The second-order valence-corrected chi connectivity index (χ2v) is 5.04. The molecule has 3 nitrogen and oxygen atoms in total. The van der Waals surface area contributed by atoms with Crippen LogP contribution in [0.4, 0.5) is 4.79 Å². The summed E-state index contributed by atoms with van der Waals surface area (Å²) in [6.45, 7) is 2.15. The molecule has 2 rings (SSSR count). The number of hydrogen-bond donors (Lipinski definition) is 0. The summed E-state index contributed by atoms with van der Waals surface area (Å²) >= 11 is 5.91. The van der Waals surface area contributed by atoms with E-state index in [1.54, 1.807) is 36.4 Å². The van der Waals surface area contributed by atoms with Gasteiger partial charge >= 0.3 is 6.16 Å². The first-order valence-corrected chi connectivity index (χ1v) is 7.30. The van der Waals surface area contributed by atoms with E-state index in [2.05, 4.69) is 6.92 Å². The van der Waals surface area contributed by atoms with Gasteiger partial charge < -0.3 is 9.47 Å². The Labute approximate surface area is 129 Å². The van der Waals surface area contributed by atoms with Crippen molar-refractivity contribution in [2.45, 2.75) is 26.2 Å². The van der Waals surface area contributed by atoms with E-state index in [0.717, 1.165) is 19.3 Å². The molecule has 0 spiro atoms. The van der Waals surface area contributed by atoms with Gasteiger partial charge in [0.2, 0.25) is 0 Å². The van der Waals surface area contributed by atoms with Gasteiger partial charge in [-0.3, -0.25) is 0 Å². The molecule has 0 heterocycles. The van der Waals surface area contributed by atoms with Crippen LogP contribution in [0.3, 0.4) is 0 Å². The summed E-state index contributed by atoms with van der Waals surface area (Å²) in [6.07, 6.45) is 2.53. The third-order valence-electron chi connectivity index (χ3n) is 2.97. The highest BCUT2D eigenvalue weighted by Gasteiger charge is 2.10. The molecule has 0 atom stereocenters. The Morgan fingerprint density at radius 2 is 1.76 bits per heavy atom. The highest BCUT2D eigenvalue weighted by atomic mass is 35.5. The standard InChI is InChI=1S/C17H17ClO3/c1-2-3-6-13-9-11-14(12-10-13)20-17(19)21-16-8-5-4-7-15(16)18/h4-5,7-12H,2-3,6H2,1H3. The second kappa shape index (κ2) is 7.70. The van der Waals surface area contributed by atoms with E-state index in [-0.39, 0.29) is 5.75 Å². The van der Waals surface area contributed by atoms with Gasteiger partial charge in [-0.1, -0.05) is 49.2 Å². The van der Waals surface area contributed by atoms with Crippen LogP contribution in [0.5, 0.6) is 11.5 Å². The number of benzene rings is 2. The summed E-state index contributed by atoms with van der Waals surface area (Å²) in [7, 11) is 0. The van der Waals surface area contributed by atoms with Crippen molar-refractivity contribution < 1.29 is 14.3 Å². The average Bonchev–Trinajstić information content (AvgIpc) is 2.49. The molecule has 0 saturated heterocycles. The summed E-state index contributed by atoms with van der Waals surface area (Å²) in [6, 6.07) is 14.2. The molecule has 0 N–H and O–H groups in total. The van der Waals surface area contributed by atoms with E-state index >= 15 is 0 Å². The molecule has 2 aromatic rings. The van der Waals surface area contributed by atoms with E-state index in [1.165, 1.54) is 5.56 Å². The van der Waals surface area contributed by atoms with Crippen molar-refractivity contribution >= 4 is 17.8 Å². The van der Waals surface area contributed by atoms with Crippen LogP contribution in [-0.4, -0.2) is 6.16 Å². The lowest BCUT2D eigenvalue weighted by Crippen LogP contribution is -2.13. The summed E-state index contributed by atoms with van der Waals surface area (Å²) < 4.78 is 10.2. The number of hydrogen-bond acceptors (Lipinski definition) is 3. The number of rotatable bonds is 5. The highest BCUT2D eigenvalue weighted by molar-refractivity contribution is 6.32. The van der Waals surface area contributed by atoms with Crippen molar-refractivity contribution in [3.63, 3.8) is 0 Å². The quantitative estimate of drug-likeness (QED) is 0.558. The third-order valence-corrected chi connectivity index (χ3v) is 3.29. The Bertz CT molecular complexity index is 593. The van der Waals surface area contributed by atoms with Gasteiger partial charge in [-0.05, 0) is 42.7 Å². The molecule has 21 heavy (non-hydrogen) atoms. The average molecular weight is 305 g/mol. The molecule has 110 valence electrons. The van der Waals surface area contributed by atoms with Crippen molar-refractivity contribution in [3.8, 4) is 11.5 Å². The zero-order valence-corrected chi connectivity index (χ0v) is 12.6. The second-order valence-electron chi connectivity index (χ2n) is 4.63. The molecule has 0 aromatic heterocycles. The topological polar surface area (TPSA) is 35.5 Å². The van der Waals surface area contributed by atoms with E-state index in [0.29, 0.717) is 10.8 Å². The molecular formula is C17H17ClO3. The summed E-state index contributed by atoms with van der Waals surface area (Å²) in [4.78, 5) is 11.7. The van der Waals surface area contributed by atoms with Gasteiger partial charge in [0.05, 0.1) is 5.02 Å². The highest BCUT2D eigenvalue weighted by Crippen LogP contribution is 2.24. The van der Waals surface area contributed by atoms with Gasteiger partial charge in [-0.25, -0.2) is 4.79 Å². The third kappa shape index (κ3) is 4.80. The van der Waals surface area contributed by atoms with Crippen molar-refractivity contribution in [3.05, 3.63) is 59.1 Å². The smallest absolute Gasteiger partial charge is 0.395 e. The summed E-state index contributed by atoms with van der Waals surface area (Å²) in [5.74, 6) is 0.732. The van der Waals surface area contributed by atoms with Crippen molar-refractivity contribution in [2.24, 2.45) is 0 Å². The minimum atomic E-state index is -0.801. The Morgan fingerprint density at radius 1 is 1.05 bits per heavy atom. The number of carbonyl (C=O) groups is 1. The first-order valence-electron chi connectivity index (χ1n) is 6.92. The van der Waals surface area contributed by atoms with E-state index in [1.807, 2.05) is 12.1 Å². The van der Waals surface area contributed by atoms with Gasteiger partial charge in [0.25, 0.3) is 0 Å². The molecule has 0 bridgehead atoms. The molecule has 0 amide bonds. The molecule has 0 aliphatic rings. The maximum absolute atomic E-state index is 11.7. The normalized spacial score (nSPS) is 10.2. The zero-order chi connectivity index (χ0) is 15.1. The first kappa shape index (κ1) is 15.4. The largest absolute Gasteiger partial charge is 0.519 e. The number of para-hydroxylation sites is 1. The fourth-order valence-corrected chi connectivity index (χ4v) is 2.01. The Balaban J connectivity index is 1.92. The Kier molecular flexibility index (Phi) is 5.64. The minimum Gasteiger partial charge on any atom is -0.395 e. The van der Waals surface area contributed by atoms with Gasteiger partial charge in [-0.15, -0.1) is 0 Å². The predicted octanol–water partition coefficient (Wildman–Crippen LogP) is 5.26. The number of ether oxygens (including phenoxy) is 2. The van der Waals surface area contributed by atoms with Crippen LogP contribution >= 0.6 is 11.6 Å². The van der Waals surface area contributed by atoms with E-state index in [4.69, 9.17) is 21.1 Å². The molecule has 0 aliphatic heterocycles. The molecule has 0 unspecified atom stereocenters. The fourth-order valence-electron chi connectivity index (χ4n) is 1.84. The van der Waals surface area contributed by atoms with Gasteiger partial charge in [0, 0.05) is 0 Å². The number of unbranched alkanes of at least 4 members (excludes halogenated alkanes) is 1. The molecule has 4 heteroatoms. The van der Waals surface area contributed by atoms with Gasteiger partial charge in [-0.2, -0.15) is 0 Å². The van der Waals surface area contributed by atoms with Gasteiger partial charge in [0.1, 0.15) is 5.75 Å². The van der Waals surface area contributed by atoms with Crippen LogP contribution in [0.25, 0.3) is 0 Å². The first-order chi connectivity index (χ1) is 10.2. The fraction of sp³-hybridized carbons (Fsp3) is 0.235. The van der Waals surface area contributed by atoms with Crippen molar-refractivity contribution in [1.82, 2.24) is 0 Å². The molecular weight excluding hydrogens is 288 g/mol. The van der Waals surface area contributed by atoms with Crippen LogP contribution in [0.15, 0.2) is 48.5 Å². The van der Waals surface area contributed by atoms with Crippen molar-refractivity contribution in [2.75, 3.05) is 0 Å². The number of aryl methyl sites for hydroxylation is 1. The monoisotopic (exact) mass is 304 g/mol. The lowest BCUT2D eigenvalue weighted by molar-refractivity contribution is 0.152. The maximum Gasteiger partial charge on any atom is 0.519 e. The Hall–Kier alpha value is -2.00. The van der Waals surface area contributed by atoms with Gasteiger partial charge in [0.15, 0.2) is 5.75 Å². The maximum atomic E-state index is 11.7. The molecule has 2 aromatic carbocycles. The molecule has 0 aliphatic carbocycles. The van der Waals surface area contributed by atoms with Crippen LogP contribution in [0, 0.1) is 0 Å². The summed E-state index contributed by atoms with van der Waals surface area (Å²) in [5.41, 5.74) is 1.23. The van der Waals surface area contributed by atoms with Crippen molar-refractivity contribution in [1.29, 1.82) is 0 Å². The molecule has 0 radical (unpaired) electrons. The SMILES string of the molecule is CCCCc1ccc(OC(=O)Oc2ccccc2Cl)cc1. The van der Waals surface area contributed by atoms with Crippen LogP contribution in [0.2, 0.25) is 5.02 Å². The number of halogens is 1. The van der Waals surface area contributed by atoms with E-state index in [9.17, 15) is 4.79 Å². The van der Waals surface area contributed by atoms with E-state index < -0.39 is 6.16 Å². The summed E-state index contributed by atoms with van der Waals surface area (Å²) in [5, 5.41) is 0.365. The van der Waals surface area contributed by atoms with Crippen LogP contribution in [0.1, 0.15) is 25.3 Å². The minimum absolute atomic E-state index is 0.281. The van der Waals surface area contributed by atoms with Crippen LogP contribution < -0.4 is 9.47 Å². The zero-order valence-electron chi connectivity index (χ0n) is 11.8. The molecule has 0 saturated carbocycles. The Morgan fingerprint density at radius 3 is 2.43 bits per heavy atom. The lowest BCUT2D eigenvalue weighted by Gasteiger charge is -2.07. The lowest BCUT2D eigenvalue weighted by atomic mass is 10.1. The predicted molar refractivity (Wildman–Crippen MR) is 83.2 cm³/mol.